The zero-order valence-corrected chi connectivity index (χ0v) is 6.17. The minimum atomic E-state index is -0.0709. The predicted molar refractivity (Wildman–Crippen MR) is 37.3 cm³/mol. The number of carbonyl (C=O) groups excluding carboxylic acids is 1. The lowest BCUT2D eigenvalue weighted by Crippen LogP contribution is -2.06. The summed E-state index contributed by atoms with van der Waals surface area (Å²) < 4.78 is 4.57. The summed E-state index contributed by atoms with van der Waals surface area (Å²) in [7, 11) is 1.43. The van der Waals surface area contributed by atoms with Crippen molar-refractivity contribution in [2.75, 3.05) is 13.7 Å². The molecule has 0 radical (unpaired) electrons. The molecule has 1 aliphatic carbocycles. The Kier molecular flexibility index (Phi) is 2.27. The Morgan fingerprint density at radius 3 is 3.00 bits per heavy atom. The molecule has 3 heteroatoms. The second-order valence-electron chi connectivity index (χ2n) is 2.70. The van der Waals surface area contributed by atoms with Gasteiger partial charge in [0.25, 0.3) is 0 Å². The fourth-order valence-electron chi connectivity index (χ4n) is 1.22. The Balaban J connectivity index is 2.18. The van der Waals surface area contributed by atoms with Crippen molar-refractivity contribution in [3.8, 4) is 0 Å². The maximum atomic E-state index is 10.8. The van der Waals surface area contributed by atoms with Crippen LogP contribution in [0.15, 0.2) is 0 Å². The number of hydrogen-bond donors (Lipinski definition) is 1. The van der Waals surface area contributed by atoms with Crippen LogP contribution in [0.2, 0.25) is 0 Å². The van der Waals surface area contributed by atoms with Gasteiger partial charge >= 0.3 is 5.97 Å². The minimum Gasteiger partial charge on any atom is -0.469 e. The topological polar surface area (TPSA) is 52.3 Å². The molecule has 1 aliphatic rings. The van der Waals surface area contributed by atoms with Gasteiger partial charge in [-0.25, -0.2) is 0 Å². The van der Waals surface area contributed by atoms with Gasteiger partial charge in [-0.2, -0.15) is 0 Å². The summed E-state index contributed by atoms with van der Waals surface area (Å²) in [5, 5.41) is 0. The molecule has 0 saturated heterocycles. The first-order valence-electron chi connectivity index (χ1n) is 3.57. The molecule has 0 heterocycles. The summed E-state index contributed by atoms with van der Waals surface area (Å²) in [5.41, 5.74) is 5.32. The molecular formula is C7H13NO2. The van der Waals surface area contributed by atoms with Crippen LogP contribution in [0.1, 0.15) is 12.8 Å². The van der Waals surface area contributed by atoms with Crippen LogP contribution in [0, 0.1) is 11.8 Å². The maximum Gasteiger partial charge on any atom is 0.308 e. The van der Waals surface area contributed by atoms with Crippen molar-refractivity contribution in [2.24, 2.45) is 17.6 Å². The van der Waals surface area contributed by atoms with E-state index < -0.39 is 0 Å². The lowest BCUT2D eigenvalue weighted by molar-refractivity contribution is -0.142. The Bertz CT molecular complexity index is 136. The third-order valence-electron chi connectivity index (χ3n) is 1.96. The summed E-state index contributed by atoms with van der Waals surface area (Å²) in [4.78, 5) is 10.8. The largest absolute Gasteiger partial charge is 0.469 e. The van der Waals surface area contributed by atoms with Crippen LogP contribution < -0.4 is 5.73 Å². The van der Waals surface area contributed by atoms with Crippen molar-refractivity contribution in [1.29, 1.82) is 0 Å². The molecule has 0 aromatic rings. The summed E-state index contributed by atoms with van der Waals surface area (Å²) in [6, 6.07) is 0. The van der Waals surface area contributed by atoms with Gasteiger partial charge in [0.1, 0.15) is 0 Å². The van der Waals surface area contributed by atoms with E-state index in [1.807, 2.05) is 0 Å². The highest BCUT2D eigenvalue weighted by atomic mass is 16.5. The van der Waals surface area contributed by atoms with Gasteiger partial charge < -0.3 is 10.5 Å². The molecule has 0 amide bonds. The molecule has 1 fully saturated rings. The minimum absolute atomic E-state index is 0.0709. The Morgan fingerprint density at radius 2 is 2.50 bits per heavy atom. The first-order chi connectivity index (χ1) is 4.79. The maximum absolute atomic E-state index is 10.8. The molecule has 0 unspecified atom stereocenters. The Labute approximate surface area is 60.5 Å². The van der Waals surface area contributed by atoms with E-state index >= 15 is 0 Å². The van der Waals surface area contributed by atoms with E-state index in [9.17, 15) is 4.79 Å². The molecular weight excluding hydrogens is 130 g/mol. The number of methoxy groups -OCH3 is 1. The molecule has 0 aromatic heterocycles. The standard InChI is InChI=1S/C7H13NO2/c1-10-7(9)6-4-5(6)2-3-8/h5-6H,2-4,8H2,1H3/t5-,6-/m1/s1. The summed E-state index contributed by atoms with van der Waals surface area (Å²) in [5.74, 6) is 0.601. The van der Waals surface area contributed by atoms with Crippen LogP contribution in [-0.2, 0) is 9.53 Å². The van der Waals surface area contributed by atoms with Crippen molar-refractivity contribution in [3.05, 3.63) is 0 Å². The fourth-order valence-corrected chi connectivity index (χ4v) is 1.22. The third kappa shape index (κ3) is 1.48. The van der Waals surface area contributed by atoms with E-state index in [-0.39, 0.29) is 11.9 Å². The summed E-state index contributed by atoms with van der Waals surface area (Å²) >= 11 is 0. The average molecular weight is 143 g/mol. The van der Waals surface area contributed by atoms with E-state index in [1.165, 1.54) is 7.11 Å². The number of nitrogens with two attached hydrogens (primary N) is 1. The van der Waals surface area contributed by atoms with Gasteiger partial charge in [0, 0.05) is 0 Å². The molecule has 1 saturated carbocycles. The average Bonchev–Trinajstić information content (AvgIpc) is 2.67. The van der Waals surface area contributed by atoms with E-state index in [0.717, 1.165) is 12.8 Å². The van der Waals surface area contributed by atoms with Gasteiger partial charge in [0.2, 0.25) is 0 Å². The van der Waals surface area contributed by atoms with Crippen molar-refractivity contribution in [2.45, 2.75) is 12.8 Å². The van der Waals surface area contributed by atoms with Crippen molar-refractivity contribution < 1.29 is 9.53 Å². The monoisotopic (exact) mass is 143 g/mol. The Morgan fingerprint density at radius 1 is 1.80 bits per heavy atom. The fraction of sp³-hybridized carbons (Fsp3) is 0.857. The summed E-state index contributed by atoms with van der Waals surface area (Å²) in [6.07, 6.45) is 1.93. The molecule has 0 aliphatic heterocycles. The van der Waals surface area contributed by atoms with Gasteiger partial charge in [0.15, 0.2) is 0 Å². The second-order valence-corrected chi connectivity index (χ2v) is 2.70. The van der Waals surface area contributed by atoms with Gasteiger partial charge in [-0.05, 0) is 25.3 Å². The van der Waals surface area contributed by atoms with E-state index in [0.29, 0.717) is 12.5 Å². The molecule has 2 N–H and O–H groups in total. The van der Waals surface area contributed by atoms with Crippen molar-refractivity contribution in [3.63, 3.8) is 0 Å². The van der Waals surface area contributed by atoms with E-state index in [2.05, 4.69) is 4.74 Å². The predicted octanol–water partition coefficient (Wildman–Crippen LogP) is 0.144. The molecule has 0 spiro atoms. The molecule has 0 bridgehead atoms. The highest BCUT2D eigenvalue weighted by Gasteiger charge is 2.42. The number of carbonyl (C=O) groups is 1. The summed E-state index contributed by atoms with van der Waals surface area (Å²) in [6.45, 7) is 0.679. The number of ether oxygens (including phenoxy) is 1. The van der Waals surface area contributed by atoms with Crippen LogP contribution in [0.5, 0.6) is 0 Å². The molecule has 1 rings (SSSR count). The normalized spacial score (nSPS) is 29.8. The first kappa shape index (κ1) is 7.54. The van der Waals surface area contributed by atoms with Crippen molar-refractivity contribution in [1.82, 2.24) is 0 Å². The van der Waals surface area contributed by atoms with Gasteiger partial charge in [-0.3, -0.25) is 4.79 Å². The highest BCUT2D eigenvalue weighted by Crippen LogP contribution is 2.41. The lowest BCUT2D eigenvalue weighted by atomic mass is 10.2. The molecule has 10 heavy (non-hydrogen) atoms. The van der Waals surface area contributed by atoms with Gasteiger partial charge in [-0.1, -0.05) is 0 Å². The number of rotatable bonds is 3. The molecule has 2 atom stereocenters. The van der Waals surface area contributed by atoms with Crippen LogP contribution in [0.25, 0.3) is 0 Å². The molecule has 58 valence electrons. The SMILES string of the molecule is COC(=O)[C@@H]1C[C@H]1CCN. The van der Waals surface area contributed by atoms with Crippen LogP contribution >= 0.6 is 0 Å². The zero-order valence-electron chi connectivity index (χ0n) is 6.17. The first-order valence-corrected chi connectivity index (χ1v) is 3.57. The van der Waals surface area contributed by atoms with Crippen LogP contribution in [0.3, 0.4) is 0 Å². The highest BCUT2D eigenvalue weighted by molar-refractivity contribution is 5.75. The number of hydrogen-bond acceptors (Lipinski definition) is 3. The van der Waals surface area contributed by atoms with Crippen LogP contribution in [-0.4, -0.2) is 19.6 Å². The molecule has 0 aromatic carbocycles. The smallest absolute Gasteiger partial charge is 0.308 e. The van der Waals surface area contributed by atoms with Crippen molar-refractivity contribution >= 4 is 5.97 Å². The Hall–Kier alpha value is -0.570. The zero-order chi connectivity index (χ0) is 7.56. The van der Waals surface area contributed by atoms with E-state index in [4.69, 9.17) is 5.73 Å². The lowest BCUT2D eigenvalue weighted by Gasteiger charge is -1.95. The van der Waals surface area contributed by atoms with E-state index in [1.54, 1.807) is 0 Å². The molecule has 3 nitrogen and oxygen atoms in total. The third-order valence-corrected chi connectivity index (χ3v) is 1.96. The quantitative estimate of drug-likeness (QED) is 0.572. The van der Waals surface area contributed by atoms with Gasteiger partial charge in [-0.15, -0.1) is 0 Å². The number of esters is 1. The van der Waals surface area contributed by atoms with Crippen LogP contribution in [0.4, 0.5) is 0 Å². The second kappa shape index (κ2) is 3.01. The van der Waals surface area contributed by atoms with Gasteiger partial charge in [0.05, 0.1) is 13.0 Å².